The smallest absolute Gasteiger partial charge is 0.229 e. The average Bonchev–Trinajstić information content (AvgIpc) is 2.29. The summed E-state index contributed by atoms with van der Waals surface area (Å²) in [5.74, 6) is 1.63. The van der Waals surface area contributed by atoms with Gasteiger partial charge in [-0.1, -0.05) is 0 Å². The van der Waals surface area contributed by atoms with Crippen LogP contribution in [0, 0.1) is 5.92 Å². The molecule has 0 aliphatic carbocycles. The van der Waals surface area contributed by atoms with Crippen LogP contribution in [0.5, 0.6) is 0 Å². The molecule has 0 unspecified atom stereocenters. The van der Waals surface area contributed by atoms with Crippen LogP contribution in [0.1, 0.15) is 6.42 Å². The Hall–Kier alpha value is -0.700. The number of hydrogen-bond acceptors (Lipinski definition) is 3. The minimum atomic E-state index is 0.392. The Balaban J connectivity index is 1.77. The van der Waals surface area contributed by atoms with Gasteiger partial charge in [-0.25, -0.2) is 0 Å². The Morgan fingerprint density at radius 3 is 2.90 bits per heavy atom. The van der Waals surface area contributed by atoms with Crippen LogP contribution >= 0.6 is 0 Å². The van der Waals surface area contributed by atoms with E-state index in [0.717, 1.165) is 25.4 Å². The van der Waals surface area contributed by atoms with Gasteiger partial charge in [-0.05, 0) is 0 Å². The molecule has 0 N–H and O–H groups in total. The lowest BCUT2D eigenvalue weighted by Crippen LogP contribution is -2.27. The number of hydrogen-bond donors (Lipinski definition) is 0. The summed E-state index contributed by atoms with van der Waals surface area (Å²) < 4.78 is 15.1. The summed E-state index contributed by atoms with van der Waals surface area (Å²) in [5.41, 5.74) is 0. The molecular weight excluding hydrogens is 132 g/mol. The van der Waals surface area contributed by atoms with Gasteiger partial charge in [-0.2, -0.15) is 0 Å². The largest absolute Gasteiger partial charge is 0.462 e. The molecule has 3 nitrogen and oxygen atoms in total. The van der Waals surface area contributed by atoms with Crippen LogP contribution in [0.25, 0.3) is 0 Å². The molecule has 10 heavy (non-hydrogen) atoms. The van der Waals surface area contributed by atoms with E-state index in [0.29, 0.717) is 12.7 Å². The van der Waals surface area contributed by atoms with E-state index < -0.39 is 0 Å². The van der Waals surface area contributed by atoms with Gasteiger partial charge >= 0.3 is 0 Å². The van der Waals surface area contributed by atoms with Crippen molar-refractivity contribution in [1.29, 1.82) is 0 Å². The van der Waals surface area contributed by atoms with Crippen molar-refractivity contribution in [2.45, 2.75) is 6.42 Å². The second kappa shape index (κ2) is 2.50. The van der Waals surface area contributed by atoms with E-state index in [1.165, 1.54) is 0 Å². The van der Waals surface area contributed by atoms with Gasteiger partial charge in [0.2, 0.25) is 6.79 Å². The summed E-state index contributed by atoms with van der Waals surface area (Å²) in [5, 5.41) is 0. The van der Waals surface area contributed by atoms with Gasteiger partial charge in [0, 0.05) is 12.3 Å². The first-order valence-corrected chi connectivity index (χ1v) is 3.46. The van der Waals surface area contributed by atoms with E-state index in [4.69, 9.17) is 14.2 Å². The van der Waals surface area contributed by atoms with E-state index in [-0.39, 0.29) is 0 Å². The predicted octanol–water partition coefficient (Wildman–Crippen LogP) is 0.869. The fraction of sp³-hybridized carbons (Fsp3) is 0.714. The molecule has 0 aromatic heterocycles. The molecule has 0 spiro atoms. The molecule has 1 saturated heterocycles. The zero-order valence-electron chi connectivity index (χ0n) is 5.71. The normalized spacial score (nSPS) is 24.6. The van der Waals surface area contributed by atoms with Crippen molar-refractivity contribution >= 4 is 0 Å². The van der Waals surface area contributed by atoms with Gasteiger partial charge in [0.25, 0.3) is 0 Å². The maximum absolute atomic E-state index is 5.14. The third kappa shape index (κ3) is 1.09. The van der Waals surface area contributed by atoms with Crippen molar-refractivity contribution in [3.8, 4) is 0 Å². The van der Waals surface area contributed by atoms with Crippen LogP contribution in [0.3, 0.4) is 0 Å². The molecule has 0 aromatic rings. The molecular formula is C7H10O3. The van der Waals surface area contributed by atoms with Crippen molar-refractivity contribution in [3.63, 3.8) is 0 Å². The van der Waals surface area contributed by atoms with Crippen molar-refractivity contribution in [1.82, 2.24) is 0 Å². The highest BCUT2D eigenvalue weighted by Crippen LogP contribution is 2.22. The van der Waals surface area contributed by atoms with Gasteiger partial charge in [0.1, 0.15) is 12.0 Å². The molecule has 0 radical (unpaired) electrons. The highest BCUT2D eigenvalue weighted by molar-refractivity contribution is 4.93. The van der Waals surface area contributed by atoms with Gasteiger partial charge in [0.05, 0.1) is 13.2 Å². The molecule has 0 bridgehead atoms. The average molecular weight is 142 g/mol. The number of rotatable bonds is 2. The molecule has 2 rings (SSSR count). The quantitative estimate of drug-likeness (QED) is 0.572. The molecule has 2 aliphatic heterocycles. The molecule has 3 heteroatoms. The molecule has 1 fully saturated rings. The standard InChI is InChI=1S/C7H10O3/c1(6-2-8-3-6)7-4-9-5-10-7/h4,6H,1-3,5H2. The van der Waals surface area contributed by atoms with Crippen LogP contribution < -0.4 is 0 Å². The van der Waals surface area contributed by atoms with Crippen molar-refractivity contribution in [2.24, 2.45) is 5.92 Å². The third-order valence-corrected chi connectivity index (χ3v) is 1.72. The van der Waals surface area contributed by atoms with Gasteiger partial charge in [0.15, 0.2) is 0 Å². The highest BCUT2D eigenvalue weighted by atomic mass is 16.7. The molecule has 0 saturated carbocycles. The predicted molar refractivity (Wildman–Crippen MR) is 34.0 cm³/mol. The van der Waals surface area contributed by atoms with Crippen LogP contribution in [-0.2, 0) is 14.2 Å². The lowest BCUT2D eigenvalue weighted by atomic mass is 10.0. The van der Waals surface area contributed by atoms with E-state index in [9.17, 15) is 0 Å². The third-order valence-electron chi connectivity index (χ3n) is 1.72. The van der Waals surface area contributed by atoms with Gasteiger partial charge in [-0.15, -0.1) is 0 Å². The molecule has 0 amide bonds. The minimum Gasteiger partial charge on any atom is -0.462 e. The summed E-state index contributed by atoms with van der Waals surface area (Å²) >= 11 is 0. The zero-order valence-corrected chi connectivity index (χ0v) is 5.71. The summed E-state index contributed by atoms with van der Waals surface area (Å²) in [6, 6.07) is 0. The van der Waals surface area contributed by atoms with Crippen molar-refractivity contribution < 1.29 is 14.2 Å². The maximum atomic E-state index is 5.14. The Labute approximate surface area is 59.6 Å². The zero-order chi connectivity index (χ0) is 6.81. The molecule has 2 aliphatic rings. The second-order valence-corrected chi connectivity index (χ2v) is 2.62. The summed E-state index contributed by atoms with van der Waals surface area (Å²) in [4.78, 5) is 0. The van der Waals surface area contributed by atoms with Gasteiger partial charge in [-0.3, -0.25) is 0 Å². The first-order valence-electron chi connectivity index (χ1n) is 3.46. The maximum Gasteiger partial charge on any atom is 0.229 e. The minimum absolute atomic E-state index is 0.392. The van der Waals surface area contributed by atoms with Gasteiger partial charge < -0.3 is 14.2 Å². The van der Waals surface area contributed by atoms with Crippen LogP contribution in [0.2, 0.25) is 0 Å². The second-order valence-electron chi connectivity index (χ2n) is 2.62. The molecule has 0 aromatic carbocycles. The number of ether oxygens (including phenoxy) is 3. The Morgan fingerprint density at radius 2 is 2.40 bits per heavy atom. The monoisotopic (exact) mass is 142 g/mol. The van der Waals surface area contributed by atoms with E-state index in [1.54, 1.807) is 6.26 Å². The first-order chi connectivity index (χ1) is 4.95. The van der Waals surface area contributed by atoms with Crippen LogP contribution in [-0.4, -0.2) is 20.0 Å². The molecule has 0 atom stereocenters. The van der Waals surface area contributed by atoms with E-state index in [1.807, 2.05) is 0 Å². The fourth-order valence-electron chi connectivity index (χ4n) is 1.06. The van der Waals surface area contributed by atoms with Crippen LogP contribution in [0.15, 0.2) is 12.0 Å². The molecule has 56 valence electrons. The topological polar surface area (TPSA) is 27.7 Å². The van der Waals surface area contributed by atoms with Crippen molar-refractivity contribution in [2.75, 3.05) is 20.0 Å². The van der Waals surface area contributed by atoms with Crippen LogP contribution in [0.4, 0.5) is 0 Å². The molecule has 2 heterocycles. The Kier molecular flexibility index (Phi) is 1.51. The van der Waals surface area contributed by atoms with Crippen molar-refractivity contribution in [3.05, 3.63) is 12.0 Å². The highest BCUT2D eigenvalue weighted by Gasteiger charge is 2.21. The summed E-state index contributed by atoms with van der Waals surface area (Å²) in [7, 11) is 0. The fourth-order valence-corrected chi connectivity index (χ4v) is 1.06. The lowest BCUT2D eigenvalue weighted by Gasteiger charge is -2.25. The Bertz CT molecular complexity index is 149. The van der Waals surface area contributed by atoms with E-state index >= 15 is 0 Å². The SMILES string of the molecule is C1=C(CC2COC2)OCO1. The van der Waals surface area contributed by atoms with E-state index in [2.05, 4.69) is 0 Å². The first kappa shape index (κ1) is 6.04. The Morgan fingerprint density at radius 1 is 1.50 bits per heavy atom. The number of allylic oxidation sites excluding steroid dienone is 1. The summed E-state index contributed by atoms with van der Waals surface area (Å²) in [6.07, 6.45) is 2.66. The lowest BCUT2D eigenvalue weighted by molar-refractivity contribution is -0.0382. The summed E-state index contributed by atoms with van der Waals surface area (Å²) in [6.45, 7) is 2.14.